The number of hydrogen-bond donors (Lipinski definition) is 0. The summed E-state index contributed by atoms with van der Waals surface area (Å²) in [5, 5.41) is 10.1. The van der Waals surface area contributed by atoms with Gasteiger partial charge in [0.05, 0.1) is 26.8 Å². The van der Waals surface area contributed by atoms with Gasteiger partial charge in [0.15, 0.2) is 17.0 Å². The summed E-state index contributed by atoms with van der Waals surface area (Å²) in [5.41, 5.74) is -0.382. The van der Waals surface area contributed by atoms with Crippen LogP contribution < -0.4 is 9.47 Å². The van der Waals surface area contributed by atoms with Crippen molar-refractivity contribution in [3.05, 3.63) is 23.8 Å². The molecule has 0 saturated carbocycles. The molecule has 1 aromatic carbocycles. The molecular formula is C20H31N3O3. The van der Waals surface area contributed by atoms with E-state index in [4.69, 9.17) is 9.47 Å². The van der Waals surface area contributed by atoms with Gasteiger partial charge in [-0.05, 0) is 36.7 Å². The van der Waals surface area contributed by atoms with Crippen molar-refractivity contribution in [1.82, 2.24) is 9.80 Å². The zero-order valence-corrected chi connectivity index (χ0v) is 17.0. The van der Waals surface area contributed by atoms with Crippen molar-refractivity contribution in [2.45, 2.75) is 33.2 Å². The van der Waals surface area contributed by atoms with Gasteiger partial charge in [-0.25, -0.2) is 0 Å². The highest BCUT2D eigenvalue weighted by Crippen LogP contribution is 2.39. The molecule has 1 atom stereocenters. The van der Waals surface area contributed by atoms with Crippen molar-refractivity contribution in [1.29, 1.82) is 5.26 Å². The molecule has 0 saturated heterocycles. The van der Waals surface area contributed by atoms with Crippen molar-refractivity contribution in [2.24, 2.45) is 5.92 Å². The lowest BCUT2D eigenvalue weighted by Crippen LogP contribution is -2.52. The van der Waals surface area contributed by atoms with Crippen LogP contribution in [0.3, 0.4) is 0 Å². The van der Waals surface area contributed by atoms with Gasteiger partial charge in [-0.3, -0.25) is 9.69 Å². The fraction of sp³-hybridized carbons (Fsp3) is 0.600. The van der Waals surface area contributed by atoms with Crippen LogP contribution >= 0.6 is 0 Å². The molecule has 0 spiro atoms. The van der Waals surface area contributed by atoms with E-state index in [9.17, 15) is 10.1 Å². The Hall–Kier alpha value is -2.26. The quantitative estimate of drug-likeness (QED) is 0.677. The minimum Gasteiger partial charge on any atom is -0.493 e. The third-order valence-corrected chi connectivity index (χ3v) is 4.99. The van der Waals surface area contributed by atoms with Gasteiger partial charge in [0.1, 0.15) is 0 Å². The molecule has 1 aromatic rings. The predicted octanol–water partition coefficient (Wildman–Crippen LogP) is 2.88. The number of carbonyl (C=O) groups excluding carboxylic acids is 1. The number of methoxy groups -OCH3 is 2. The molecule has 0 heterocycles. The smallest absolute Gasteiger partial charge is 0.238 e. The fourth-order valence-corrected chi connectivity index (χ4v) is 3.20. The predicted molar refractivity (Wildman–Crippen MR) is 102 cm³/mol. The highest BCUT2D eigenvalue weighted by molar-refractivity contribution is 5.79. The number of benzene rings is 1. The first-order valence-corrected chi connectivity index (χ1v) is 8.94. The SMILES string of the molecule is CCN(CC)CC(=O)N(C)[C@@](C#N)(c1ccc(OC)c(OC)c1)C(C)C. The Morgan fingerprint density at radius 2 is 1.77 bits per heavy atom. The van der Waals surface area contributed by atoms with Crippen molar-refractivity contribution in [3.63, 3.8) is 0 Å². The number of hydrogen-bond acceptors (Lipinski definition) is 5. The molecule has 0 unspecified atom stereocenters. The molecule has 0 aliphatic heterocycles. The van der Waals surface area contributed by atoms with Gasteiger partial charge in [-0.1, -0.05) is 33.8 Å². The molecule has 0 aliphatic rings. The summed E-state index contributed by atoms with van der Waals surface area (Å²) < 4.78 is 10.7. The molecule has 1 rings (SSSR count). The van der Waals surface area contributed by atoms with Gasteiger partial charge < -0.3 is 14.4 Å². The van der Waals surface area contributed by atoms with Gasteiger partial charge in [-0.2, -0.15) is 5.26 Å². The maximum Gasteiger partial charge on any atom is 0.238 e. The van der Waals surface area contributed by atoms with Crippen molar-refractivity contribution >= 4 is 5.91 Å². The first-order valence-electron chi connectivity index (χ1n) is 8.94. The second-order valence-corrected chi connectivity index (χ2v) is 6.52. The van der Waals surface area contributed by atoms with Crippen LogP contribution in [-0.2, 0) is 10.3 Å². The Morgan fingerprint density at radius 3 is 2.19 bits per heavy atom. The van der Waals surface area contributed by atoms with Gasteiger partial charge in [0.25, 0.3) is 0 Å². The Kier molecular flexibility index (Phi) is 7.91. The second kappa shape index (κ2) is 9.44. The van der Waals surface area contributed by atoms with Crippen LogP contribution in [0.5, 0.6) is 11.5 Å². The molecule has 0 aromatic heterocycles. The lowest BCUT2D eigenvalue weighted by molar-refractivity contribution is -0.136. The van der Waals surface area contributed by atoms with Gasteiger partial charge in [0.2, 0.25) is 5.91 Å². The number of nitriles is 1. The van der Waals surface area contributed by atoms with Gasteiger partial charge in [0, 0.05) is 7.05 Å². The maximum atomic E-state index is 12.9. The lowest BCUT2D eigenvalue weighted by atomic mass is 9.79. The molecular weight excluding hydrogens is 330 g/mol. The average Bonchev–Trinajstić information content (AvgIpc) is 2.66. The summed E-state index contributed by atoms with van der Waals surface area (Å²) in [6, 6.07) is 7.78. The molecule has 0 N–H and O–H groups in total. The van der Waals surface area contributed by atoms with E-state index in [1.807, 2.05) is 38.7 Å². The standard InChI is InChI=1S/C20H31N3O3/c1-8-23(9-2)13-19(24)22(5)20(14-21,15(3)4)16-10-11-17(25-6)18(12-16)26-7/h10-12,15H,8-9,13H2,1-7H3/t20-/m1/s1. The van der Waals surface area contributed by atoms with Gasteiger partial charge >= 0.3 is 0 Å². The van der Waals surface area contributed by atoms with E-state index in [2.05, 4.69) is 6.07 Å². The zero-order chi connectivity index (χ0) is 19.9. The highest BCUT2D eigenvalue weighted by Gasteiger charge is 2.43. The molecule has 26 heavy (non-hydrogen) atoms. The van der Waals surface area contributed by atoms with E-state index in [1.54, 1.807) is 38.3 Å². The summed E-state index contributed by atoms with van der Waals surface area (Å²) in [4.78, 5) is 16.5. The van der Waals surface area contributed by atoms with Gasteiger partial charge in [-0.15, -0.1) is 0 Å². The summed E-state index contributed by atoms with van der Waals surface area (Å²) in [5.74, 6) is 0.925. The Bertz CT molecular complexity index is 650. The van der Waals surface area contributed by atoms with Crippen LogP contribution in [0.25, 0.3) is 0 Å². The van der Waals surface area contributed by atoms with Crippen LogP contribution in [-0.4, -0.2) is 56.6 Å². The number of rotatable bonds is 9. The maximum absolute atomic E-state index is 12.9. The minimum absolute atomic E-state index is 0.0845. The van der Waals surface area contributed by atoms with Crippen molar-refractivity contribution < 1.29 is 14.3 Å². The van der Waals surface area contributed by atoms with Crippen LogP contribution in [0.4, 0.5) is 0 Å². The fourth-order valence-electron chi connectivity index (χ4n) is 3.20. The summed E-state index contributed by atoms with van der Waals surface area (Å²) in [7, 11) is 4.82. The van der Waals surface area contributed by atoms with Crippen LogP contribution in [0.15, 0.2) is 18.2 Å². The molecule has 144 valence electrons. The molecule has 0 fully saturated rings. The number of amides is 1. The van der Waals surface area contributed by atoms with E-state index >= 15 is 0 Å². The third kappa shape index (κ3) is 4.10. The monoisotopic (exact) mass is 361 g/mol. The molecule has 6 nitrogen and oxygen atoms in total. The Balaban J connectivity index is 3.40. The largest absolute Gasteiger partial charge is 0.493 e. The Morgan fingerprint density at radius 1 is 1.19 bits per heavy atom. The van der Waals surface area contributed by atoms with E-state index < -0.39 is 5.54 Å². The topological polar surface area (TPSA) is 65.8 Å². The Labute approximate surface area is 157 Å². The van der Waals surface area contributed by atoms with E-state index in [1.165, 1.54) is 0 Å². The van der Waals surface area contributed by atoms with Crippen LogP contribution in [0.1, 0.15) is 33.3 Å². The lowest BCUT2D eigenvalue weighted by Gasteiger charge is -2.40. The molecule has 6 heteroatoms. The first kappa shape index (κ1) is 21.8. The second-order valence-electron chi connectivity index (χ2n) is 6.52. The number of ether oxygens (including phenoxy) is 2. The third-order valence-electron chi connectivity index (χ3n) is 4.99. The number of likely N-dealkylation sites (N-methyl/N-ethyl adjacent to an activating group) is 2. The summed E-state index contributed by atoms with van der Waals surface area (Å²) >= 11 is 0. The van der Waals surface area contributed by atoms with E-state index in [-0.39, 0.29) is 18.4 Å². The minimum atomic E-state index is -1.09. The normalized spacial score (nSPS) is 13.2. The zero-order valence-electron chi connectivity index (χ0n) is 17.0. The van der Waals surface area contributed by atoms with E-state index in [0.29, 0.717) is 17.1 Å². The van der Waals surface area contributed by atoms with Crippen LogP contribution in [0.2, 0.25) is 0 Å². The van der Waals surface area contributed by atoms with Crippen LogP contribution in [0, 0.1) is 17.2 Å². The molecule has 0 radical (unpaired) electrons. The number of carbonyl (C=O) groups is 1. The molecule has 1 amide bonds. The summed E-state index contributed by atoms with van der Waals surface area (Å²) in [6.07, 6.45) is 0. The molecule has 0 bridgehead atoms. The molecule has 0 aliphatic carbocycles. The highest BCUT2D eigenvalue weighted by atomic mass is 16.5. The average molecular weight is 361 g/mol. The van der Waals surface area contributed by atoms with Crippen molar-refractivity contribution in [3.8, 4) is 17.6 Å². The number of nitrogens with zero attached hydrogens (tertiary/aromatic N) is 3. The van der Waals surface area contributed by atoms with Crippen molar-refractivity contribution in [2.75, 3.05) is 40.9 Å². The first-order chi connectivity index (χ1) is 12.3. The van der Waals surface area contributed by atoms with E-state index in [0.717, 1.165) is 13.1 Å². The summed E-state index contributed by atoms with van der Waals surface area (Å²) in [6.45, 7) is 9.78.